The Morgan fingerprint density at radius 2 is 2.00 bits per heavy atom. The van der Waals surface area contributed by atoms with Gasteiger partial charge in [-0.1, -0.05) is 0 Å². The van der Waals surface area contributed by atoms with Gasteiger partial charge < -0.3 is 0 Å². The zero-order chi connectivity index (χ0) is 9.10. The molecule has 1 nitrogen and oxygen atoms in total. The number of anilines is 1. The van der Waals surface area contributed by atoms with Crippen LogP contribution in [0.3, 0.4) is 0 Å². The van der Waals surface area contributed by atoms with Gasteiger partial charge >= 0.3 is 90.8 Å². The number of rotatable bonds is 1. The number of hydrogen-bond acceptors (Lipinski definition) is 2. The van der Waals surface area contributed by atoms with Crippen molar-refractivity contribution in [2.45, 2.75) is 6.42 Å². The van der Waals surface area contributed by atoms with Gasteiger partial charge in [-0.15, -0.1) is 0 Å². The fraction of sp³-hybridized carbons (Fsp3) is 0.300. The second-order valence-corrected chi connectivity index (χ2v) is 5.43. The summed E-state index contributed by atoms with van der Waals surface area (Å²) in [5.74, 6) is 1.24. The predicted molar refractivity (Wildman–Crippen MR) is 61.6 cm³/mol. The third kappa shape index (κ3) is 2.16. The van der Waals surface area contributed by atoms with E-state index in [-0.39, 0.29) is 0 Å². The van der Waals surface area contributed by atoms with Crippen LogP contribution in [-0.4, -0.2) is 31.7 Å². The van der Waals surface area contributed by atoms with Gasteiger partial charge in [0, 0.05) is 0 Å². The van der Waals surface area contributed by atoms with Gasteiger partial charge in [0.1, 0.15) is 0 Å². The summed E-state index contributed by atoms with van der Waals surface area (Å²) in [5, 5.41) is 0. The second-order valence-electron chi connectivity index (χ2n) is 2.96. The topological polar surface area (TPSA) is 3.24 Å². The molecule has 0 atom stereocenters. The molecule has 2 rings (SSSR count). The second kappa shape index (κ2) is 4.32. The van der Waals surface area contributed by atoms with E-state index in [2.05, 4.69) is 50.8 Å². The molecule has 0 aromatic heterocycles. The number of benzene rings is 1. The van der Waals surface area contributed by atoms with Crippen molar-refractivity contribution >= 4 is 36.9 Å². The fourth-order valence-corrected chi connectivity index (χ4v) is 3.13. The van der Waals surface area contributed by atoms with Crippen LogP contribution < -0.4 is 4.90 Å². The van der Waals surface area contributed by atoms with E-state index < -0.39 is 0 Å². The molecule has 1 aromatic rings. The standard InChI is InChI=1S/C10H11NSSe/c13-10-11(7-4-8-12-10)9-5-2-1-3-6-9/h1-3,5-6H,4,7-8H2. The third-order valence-corrected chi connectivity index (χ3v) is 4.20. The summed E-state index contributed by atoms with van der Waals surface area (Å²) in [6.45, 7) is 1.14. The Hall–Kier alpha value is -0.241. The van der Waals surface area contributed by atoms with E-state index in [1.54, 1.807) is 0 Å². The van der Waals surface area contributed by atoms with Crippen molar-refractivity contribution in [1.29, 1.82) is 0 Å². The molecule has 1 aromatic carbocycles. The Morgan fingerprint density at radius 1 is 1.23 bits per heavy atom. The molecular formula is C10H11NSSe. The Morgan fingerprint density at radius 3 is 2.69 bits per heavy atom. The average molecular weight is 256 g/mol. The molecule has 0 N–H and O–H groups in total. The van der Waals surface area contributed by atoms with Crippen molar-refractivity contribution in [3.63, 3.8) is 0 Å². The molecule has 1 fully saturated rings. The molecule has 0 saturated carbocycles. The molecule has 1 saturated heterocycles. The first-order valence-electron chi connectivity index (χ1n) is 4.37. The summed E-state index contributed by atoms with van der Waals surface area (Å²) in [6, 6.07) is 10.5. The van der Waals surface area contributed by atoms with E-state index in [9.17, 15) is 0 Å². The number of hydrogen-bond donors (Lipinski definition) is 0. The summed E-state index contributed by atoms with van der Waals surface area (Å²) in [7, 11) is 0. The van der Waals surface area contributed by atoms with Crippen molar-refractivity contribution < 1.29 is 0 Å². The van der Waals surface area contributed by atoms with Crippen LogP contribution in [0.5, 0.6) is 0 Å². The molecule has 68 valence electrons. The number of thioether (sulfide) groups is 1. The van der Waals surface area contributed by atoms with E-state index in [4.69, 9.17) is 0 Å². The summed E-state index contributed by atoms with van der Waals surface area (Å²) in [5.41, 5.74) is 1.29. The maximum absolute atomic E-state index is 3.13. The molecule has 1 aliphatic rings. The normalized spacial score (nSPS) is 17.5. The van der Waals surface area contributed by atoms with E-state index in [0.717, 1.165) is 6.54 Å². The molecule has 1 heterocycles. The SMILES string of the molecule is [Se]=C1SCCCN1c1ccccc1. The molecule has 0 spiro atoms. The van der Waals surface area contributed by atoms with E-state index in [0.29, 0.717) is 0 Å². The van der Waals surface area contributed by atoms with Crippen molar-refractivity contribution in [2.24, 2.45) is 0 Å². The molecule has 0 bridgehead atoms. The third-order valence-electron chi connectivity index (χ3n) is 2.04. The van der Waals surface area contributed by atoms with Gasteiger partial charge in [-0.25, -0.2) is 0 Å². The molecule has 13 heavy (non-hydrogen) atoms. The zero-order valence-corrected chi connectivity index (χ0v) is 9.80. The first-order chi connectivity index (χ1) is 6.38. The fourth-order valence-electron chi connectivity index (χ4n) is 1.39. The summed E-state index contributed by atoms with van der Waals surface area (Å²) < 4.78 is 1.30. The van der Waals surface area contributed by atoms with Gasteiger partial charge in [0.25, 0.3) is 0 Å². The van der Waals surface area contributed by atoms with Crippen LogP contribution in [0.1, 0.15) is 6.42 Å². The molecular weight excluding hydrogens is 245 g/mol. The minimum absolute atomic E-state index is 1.14. The molecule has 0 amide bonds. The first kappa shape index (κ1) is 9.32. The predicted octanol–water partition coefficient (Wildman–Crippen LogP) is 1.89. The first-order valence-corrected chi connectivity index (χ1v) is 6.21. The molecule has 0 radical (unpaired) electrons. The summed E-state index contributed by atoms with van der Waals surface area (Å²) >= 11 is 5.04. The Kier molecular flexibility index (Phi) is 3.09. The van der Waals surface area contributed by atoms with E-state index in [1.165, 1.54) is 21.7 Å². The maximum atomic E-state index is 3.13. The summed E-state index contributed by atoms with van der Waals surface area (Å²) in [4.78, 5) is 2.34. The van der Waals surface area contributed by atoms with Crippen molar-refractivity contribution in [2.75, 3.05) is 17.2 Å². The quantitative estimate of drug-likeness (QED) is 0.706. The van der Waals surface area contributed by atoms with Crippen molar-refractivity contribution in [1.82, 2.24) is 0 Å². The summed E-state index contributed by atoms with van der Waals surface area (Å²) in [6.07, 6.45) is 1.27. The van der Waals surface area contributed by atoms with Gasteiger partial charge in [0.15, 0.2) is 0 Å². The minimum atomic E-state index is 1.14. The Bertz CT molecular complexity index is 299. The monoisotopic (exact) mass is 257 g/mol. The van der Waals surface area contributed by atoms with Crippen LogP contribution in [-0.2, 0) is 0 Å². The van der Waals surface area contributed by atoms with Gasteiger partial charge in [0.05, 0.1) is 0 Å². The van der Waals surface area contributed by atoms with Crippen LogP contribution in [0.2, 0.25) is 0 Å². The van der Waals surface area contributed by atoms with Gasteiger partial charge in [-0.3, -0.25) is 0 Å². The van der Waals surface area contributed by atoms with Crippen LogP contribution in [0.4, 0.5) is 5.69 Å². The van der Waals surface area contributed by atoms with E-state index >= 15 is 0 Å². The van der Waals surface area contributed by atoms with E-state index in [1.807, 2.05) is 11.8 Å². The Labute approximate surface area is 90.9 Å². The van der Waals surface area contributed by atoms with Crippen LogP contribution >= 0.6 is 11.8 Å². The van der Waals surface area contributed by atoms with Gasteiger partial charge in [-0.2, -0.15) is 0 Å². The molecule has 3 heteroatoms. The van der Waals surface area contributed by atoms with Gasteiger partial charge in [-0.05, 0) is 0 Å². The zero-order valence-electron chi connectivity index (χ0n) is 7.27. The van der Waals surface area contributed by atoms with Gasteiger partial charge in [0.2, 0.25) is 0 Å². The van der Waals surface area contributed by atoms with Crippen molar-refractivity contribution in [3.8, 4) is 0 Å². The number of nitrogens with zero attached hydrogens (tertiary/aromatic N) is 1. The van der Waals surface area contributed by atoms with Crippen LogP contribution in [0, 0.1) is 0 Å². The average Bonchev–Trinajstić information content (AvgIpc) is 2.20. The Balaban J connectivity index is 2.20. The molecule has 0 aliphatic carbocycles. The van der Waals surface area contributed by atoms with Crippen molar-refractivity contribution in [3.05, 3.63) is 30.3 Å². The molecule has 0 unspecified atom stereocenters. The van der Waals surface area contributed by atoms with Crippen LogP contribution in [0.15, 0.2) is 30.3 Å². The van der Waals surface area contributed by atoms with Crippen LogP contribution in [0.25, 0.3) is 0 Å². The number of para-hydroxylation sites is 1. The molecule has 1 aliphatic heterocycles.